The third-order valence-corrected chi connectivity index (χ3v) is 3.42. The molecule has 0 aromatic carbocycles. The van der Waals surface area contributed by atoms with Gasteiger partial charge < -0.3 is 0 Å². The van der Waals surface area contributed by atoms with Crippen molar-refractivity contribution >= 4 is 11.3 Å². The summed E-state index contributed by atoms with van der Waals surface area (Å²) in [5.41, 5.74) is 5.12. The van der Waals surface area contributed by atoms with E-state index in [9.17, 15) is 0 Å². The van der Waals surface area contributed by atoms with Gasteiger partial charge >= 0.3 is 0 Å². The molecule has 0 spiro atoms. The molecular formula is C11H17N5S. The molecule has 1 unspecified atom stereocenters. The van der Waals surface area contributed by atoms with Crippen molar-refractivity contribution in [1.82, 2.24) is 20.2 Å². The minimum atomic E-state index is 0.195. The Morgan fingerprint density at radius 2 is 2.35 bits per heavy atom. The fourth-order valence-electron chi connectivity index (χ4n) is 1.81. The van der Waals surface area contributed by atoms with Gasteiger partial charge in [0.15, 0.2) is 0 Å². The van der Waals surface area contributed by atoms with Crippen LogP contribution in [0.4, 0.5) is 0 Å². The minimum Gasteiger partial charge on any atom is -0.276 e. The van der Waals surface area contributed by atoms with Gasteiger partial charge in [-0.1, -0.05) is 0 Å². The van der Waals surface area contributed by atoms with Gasteiger partial charge in [0.05, 0.1) is 16.9 Å². The topological polar surface area (TPSA) is 68.8 Å². The van der Waals surface area contributed by atoms with Crippen molar-refractivity contribution in [2.24, 2.45) is 12.9 Å². The first-order valence-electron chi connectivity index (χ1n) is 5.52. The van der Waals surface area contributed by atoms with Crippen LogP contribution in [-0.2, 0) is 19.9 Å². The standard InChI is InChI=1S/C11H17N5S/c1-8-14-11(7-17-8)4-10(15-12)3-9-5-13-16(2)6-9/h5-7,10,15H,3-4,12H2,1-2H3. The highest BCUT2D eigenvalue weighted by Crippen LogP contribution is 2.12. The summed E-state index contributed by atoms with van der Waals surface area (Å²) in [4.78, 5) is 4.45. The zero-order valence-electron chi connectivity index (χ0n) is 10.1. The summed E-state index contributed by atoms with van der Waals surface area (Å²) in [6.07, 6.45) is 5.59. The zero-order valence-corrected chi connectivity index (χ0v) is 10.9. The van der Waals surface area contributed by atoms with E-state index in [1.165, 1.54) is 5.56 Å². The Bertz CT molecular complexity index is 433. The summed E-state index contributed by atoms with van der Waals surface area (Å²) < 4.78 is 1.80. The van der Waals surface area contributed by atoms with Gasteiger partial charge in [-0.3, -0.25) is 16.0 Å². The Morgan fingerprint density at radius 1 is 1.53 bits per heavy atom. The van der Waals surface area contributed by atoms with Crippen molar-refractivity contribution in [1.29, 1.82) is 0 Å². The fourth-order valence-corrected chi connectivity index (χ4v) is 2.43. The number of hydrogen-bond acceptors (Lipinski definition) is 5. The Balaban J connectivity index is 1.97. The van der Waals surface area contributed by atoms with E-state index in [0.29, 0.717) is 0 Å². The summed E-state index contributed by atoms with van der Waals surface area (Å²) in [7, 11) is 1.91. The van der Waals surface area contributed by atoms with Crippen molar-refractivity contribution in [2.45, 2.75) is 25.8 Å². The summed E-state index contributed by atoms with van der Waals surface area (Å²) in [5, 5.41) is 7.33. The minimum absolute atomic E-state index is 0.195. The van der Waals surface area contributed by atoms with Gasteiger partial charge in [-0.25, -0.2) is 4.98 Å². The fraction of sp³-hybridized carbons (Fsp3) is 0.455. The number of nitrogens with two attached hydrogens (primary N) is 1. The maximum atomic E-state index is 5.58. The first kappa shape index (κ1) is 12.2. The van der Waals surface area contributed by atoms with Gasteiger partial charge in [-0.05, 0) is 18.9 Å². The molecule has 1 atom stereocenters. The van der Waals surface area contributed by atoms with Crippen LogP contribution in [0.2, 0.25) is 0 Å². The molecule has 0 fully saturated rings. The van der Waals surface area contributed by atoms with Gasteiger partial charge in [0.1, 0.15) is 0 Å². The maximum Gasteiger partial charge on any atom is 0.0897 e. The van der Waals surface area contributed by atoms with Crippen LogP contribution < -0.4 is 11.3 Å². The molecule has 0 bridgehead atoms. The van der Waals surface area contributed by atoms with Crippen LogP contribution in [0.25, 0.3) is 0 Å². The highest BCUT2D eigenvalue weighted by molar-refractivity contribution is 7.09. The maximum absolute atomic E-state index is 5.58. The molecule has 5 nitrogen and oxygen atoms in total. The number of nitrogens with zero attached hydrogens (tertiary/aromatic N) is 3. The molecular weight excluding hydrogens is 234 g/mol. The Hall–Kier alpha value is -1.24. The van der Waals surface area contributed by atoms with E-state index in [2.05, 4.69) is 20.9 Å². The number of nitrogens with one attached hydrogen (secondary N) is 1. The van der Waals surface area contributed by atoms with E-state index in [4.69, 9.17) is 5.84 Å². The smallest absolute Gasteiger partial charge is 0.0897 e. The average Bonchev–Trinajstić information content (AvgIpc) is 2.87. The second kappa shape index (κ2) is 5.39. The molecule has 2 aromatic heterocycles. The van der Waals surface area contributed by atoms with Crippen LogP contribution in [-0.4, -0.2) is 20.8 Å². The van der Waals surface area contributed by atoms with Gasteiger partial charge in [0.2, 0.25) is 0 Å². The van der Waals surface area contributed by atoms with Gasteiger partial charge in [0.25, 0.3) is 0 Å². The van der Waals surface area contributed by atoms with Gasteiger partial charge in [-0.15, -0.1) is 11.3 Å². The molecule has 17 heavy (non-hydrogen) atoms. The van der Waals surface area contributed by atoms with E-state index >= 15 is 0 Å². The highest BCUT2D eigenvalue weighted by atomic mass is 32.1. The third kappa shape index (κ3) is 3.36. The first-order chi connectivity index (χ1) is 8.17. The van der Waals surface area contributed by atoms with Crippen molar-refractivity contribution in [2.75, 3.05) is 0 Å². The number of thiazole rings is 1. The van der Waals surface area contributed by atoms with Crippen LogP contribution >= 0.6 is 11.3 Å². The molecule has 0 saturated heterocycles. The summed E-state index contributed by atoms with van der Waals surface area (Å²) >= 11 is 1.67. The lowest BCUT2D eigenvalue weighted by atomic mass is 10.1. The summed E-state index contributed by atoms with van der Waals surface area (Å²) in [5.74, 6) is 5.58. The van der Waals surface area contributed by atoms with E-state index in [-0.39, 0.29) is 6.04 Å². The molecule has 6 heteroatoms. The third-order valence-electron chi connectivity index (χ3n) is 2.60. The molecule has 2 heterocycles. The highest BCUT2D eigenvalue weighted by Gasteiger charge is 2.11. The summed E-state index contributed by atoms with van der Waals surface area (Å²) in [6.45, 7) is 2.01. The van der Waals surface area contributed by atoms with Crippen LogP contribution in [0.15, 0.2) is 17.8 Å². The lowest BCUT2D eigenvalue weighted by molar-refractivity contribution is 0.518. The number of aryl methyl sites for hydroxylation is 2. The molecule has 0 radical (unpaired) electrons. The van der Waals surface area contributed by atoms with Crippen LogP contribution in [0.3, 0.4) is 0 Å². The van der Waals surface area contributed by atoms with Crippen LogP contribution in [0.5, 0.6) is 0 Å². The lowest BCUT2D eigenvalue weighted by Crippen LogP contribution is -2.38. The molecule has 2 aromatic rings. The van der Waals surface area contributed by atoms with Crippen LogP contribution in [0, 0.1) is 6.92 Å². The molecule has 0 aliphatic carbocycles. The van der Waals surface area contributed by atoms with Gasteiger partial charge in [0, 0.05) is 31.1 Å². The first-order valence-corrected chi connectivity index (χ1v) is 6.40. The molecule has 3 N–H and O–H groups in total. The lowest BCUT2D eigenvalue weighted by Gasteiger charge is -2.13. The van der Waals surface area contributed by atoms with Crippen molar-refractivity contribution in [3.63, 3.8) is 0 Å². The predicted octanol–water partition coefficient (Wildman–Crippen LogP) is 0.802. The molecule has 0 aliphatic rings. The van der Waals surface area contributed by atoms with E-state index in [1.807, 2.05) is 26.4 Å². The number of hydrogen-bond donors (Lipinski definition) is 2. The summed E-state index contributed by atoms with van der Waals surface area (Å²) in [6, 6.07) is 0.195. The molecule has 0 saturated carbocycles. The molecule has 92 valence electrons. The SMILES string of the molecule is Cc1nc(CC(Cc2cnn(C)c2)NN)cs1. The van der Waals surface area contributed by atoms with Crippen molar-refractivity contribution < 1.29 is 0 Å². The van der Waals surface area contributed by atoms with Crippen molar-refractivity contribution in [3.05, 3.63) is 34.0 Å². The number of rotatable bonds is 5. The molecule has 0 amide bonds. The number of aromatic nitrogens is 3. The Kier molecular flexibility index (Phi) is 3.88. The van der Waals surface area contributed by atoms with E-state index < -0.39 is 0 Å². The largest absolute Gasteiger partial charge is 0.276 e. The normalized spacial score (nSPS) is 12.9. The molecule has 0 aliphatic heterocycles. The number of hydrazine groups is 1. The quantitative estimate of drug-likeness (QED) is 0.609. The molecule has 2 rings (SSSR count). The second-order valence-electron chi connectivity index (χ2n) is 4.15. The van der Waals surface area contributed by atoms with Gasteiger partial charge in [-0.2, -0.15) is 5.10 Å². The zero-order chi connectivity index (χ0) is 12.3. The average molecular weight is 251 g/mol. The predicted molar refractivity (Wildman–Crippen MR) is 68.6 cm³/mol. The Labute approximate surface area is 105 Å². The van der Waals surface area contributed by atoms with E-state index in [1.54, 1.807) is 16.0 Å². The van der Waals surface area contributed by atoms with E-state index in [0.717, 1.165) is 23.5 Å². The Morgan fingerprint density at radius 3 is 2.88 bits per heavy atom. The monoisotopic (exact) mass is 251 g/mol. The second-order valence-corrected chi connectivity index (χ2v) is 5.21. The van der Waals surface area contributed by atoms with Crippen LogP contribution in [0.1, 0.15) is 16.3 Å². The van der Waals surface area contributed by atoms with Crippen molar-refractivity contribution in [3.8, 4) is 0 Å².